The van der Waals surface area contributed by atoms with Gasteiger partial charge in [0.2, 0.25) is 5.91 Å². The maximum absolute atomic E-state index is 12.3. The van der Waals surface area contributed by atoms with Gasteiger partial charge < -0.3 is 14.8 Å². The topological polar surface area (TPSA) is 81.7 Å². The molecule has 2 aromatic carbocycles. The molecule has 0 saturated carbocycles. The summed E-state index contributed by atoms with van der Waals surface area (Å²) in [4.78, 5) is 12.2. The number of carbonyl (C=O) groups is 1. The van der Waals surface area contributed by atoms with Crippen LogP contribution in [-0.2, 0) is 14.6 Å². The van der Waals surface area contributed by atoms with E-state index in [1.807, 2.05) is 0 Å². The molecule has 0 fully saturated rings. The van der Waals surface area contributed by atoms with Crippen molar-refractivity contribution in [2.75, 3.05) is 24.3 Å². The summed E-state index contributed by atoms with van der Waals surface area (Å²) >= 11 is 5.81. The summed E-state index contributed by atoms with van der Waals surface area (Å²) < 4.78 is 35.4. The molecular formula is C17H16ClNO5S. The van der Waals surface area contributed by atoms with Crippen molar-refractivity contribution in [3.63, 3.8) is 0 Å². The van der Waals surface area contributed by atoms with Crippen LogP contribution in [0, 0.1) is 0 Å². The van der Waals surface area contributed by atoms with E-state index in [1.54, 1.807) is 30.3 Å². The largest absolute Gasteiger partial charge is 0.486 e. The first-order valence-corrected chi connectivity index (χ1v) is 9.65. The van der Waals surface area contributed by atoms with Crippen LogP contribution in [0.5, 0.6) is 11.5 Å². The van der Waals surface area contributed by atoms with Crippen LogP contribution in [0.4, 0.5) is 5.69 Å². The molecule has 0 radical (unpaired) electrons. The number of hydrogen-bond acceptors (Lipinski definition) is 5. The summed E-state index contributed by atoms with van der Waals surface area (Å²) in [7, 11) is -3.57. The molecule has 8 heteroatoms. The molecule has 25 heavy (non-hydrogen) atoms. The van der Waals surface area contributed by atoms with Crippen LogP contribution in [0.1, 0.15) is 6.42 Å². The molecule has 1 N–H and O–H groups in total. The third-order valence-corrected chi connectivity index (χ3v) is 5.53. The lowest BCUT2D eigenvalue weighted by Gasteiger charge is -2.19. The molecule has 2 aromatic rings. The highest BCUT2D eigenvalue weighted by Gasteiger charge is 2.18. The van der Waals surface area contributed by atoms with Gasteiger partial charge >= 0.3 is 0 Å². The zero-order valence-electron chi connectivity index (χ0n) is 13.2. The first-order valence-electron chi connectivity index (χ1n) is 7.62. The van der Waals surface area contributed by atoms with Crippen LogP contribution in [0.15, 0.2) is 47.4 Å². The average molecular weight is 382 g/mol. The quantitative estimate of drug-likeness (QED) is 0.861. The molecular weight excluding hydrogens is 366 g/mol. The third kappa shape index (κ3) is 4.43. The third-order valence-electron chi connectivity index (χ3n) is 3.58. The van der Waals surface area contributed by atoms with E-state index in [0.717, 1.165) is 0 Å². The summed E-state index contributed by atoms with van der Waals surface area (Å²) in [5.74, 6) is 0.467. The van der Waals surface area contributed by atoms with Crippen LogP contribution < -0.4 is 14.8 Å². The monoisotopic (exact) mass is 381 g/mol. The van der Waals surface area contributed by atoms with Gasteiger partial charge in [-0.25, -0.2) is 8.42 Å². The minimum absolute atomic E-state index is 0.104. The van der Waals surface area contributed by atoms with Crippen molar-refractivity contribution >= 4 is 33.0 Å². The molecule has 0 spiro atoms. The van der Waals surface area contributed by atoms with Gasteiger partial charge in [0.25, 0.3) is 0 Å². The first kappa shape index (κ1) is 17.6. The lowest BCUT2D eigenvalue weighted by molar-refractivity contribution is -0.115. The fourth-order valence-corrected chi connectivity index (χ4v) is 3.89. The molecule has 0 bridgehead atoms. The van der Waals surface area contributed by atoms with Crippen molar-refractivity contribution in [2.24, 2.45) is 0 Å². The summed E-state index contributed by atoms with van der Waals surface area (Å²) in [5.41, 5.74) is 0.523. The standard InChI is InChI=1S/C17H16ClNO5S/c18-12-2-1-3-14(10-12)25(21,22)9-6-17(20)19-13-4-5-15-16(11-13)24-8-7-23-15/h1-5,10-11H,6-9H2,(H,19,20). The number of ether oxygens (including phenoxy) is 2. The predicted molar refractivity (Wildman–Crippen MR) is 94.2 cm³/mol. The van der Waals surface area contributed by atoms with Gasteiger partial charge in [-0.3, -0.25) is 4.79 Å². The van der Waals surface area contributed by atoms with Crippen LogP contribution >= 0.6 is 11.6 Å². The molecule has 1 heterocycles. The summed E-state index contributed by atoms with van der Waals surface area (Å²) in [6.45, 7) is 0.933. The Morgan fingerprint density at radius 3 is 2.60 bits per heavy atom. The van der Waals surface area contributed by atoms with Crippen LogP contribution in [0.2, 0.25) is 5.02 Å². The van der Waals surface area contributed by atoms with Crippen LogP contribution in [0.3, 0.4) is 0 Å². The highest BCUT2D eigenvalue weighted by molar-refractivity contribution is 7.91. The van der Waals surface area contributed by atoms with Gasteiger partial charge in [-0.05, 0) is 30.3 Å². The Kier molecular flexibility index (Phi) is 5.15. The fraction of sp³-hybridized carbons (Fsp3) is 0.235. The lowest BCUT2D eigenvalue weighted by Crippen LogP contribution is -2.18. The molecule has 0 aromatic heterocycles. The Labute approximate surface area is 150 Å². The maximum Gasteiger partial charge on any atom is 0.225 e. The smallest absolute Gasteiger partial charge is 0.225 e. The highest BCUT2D eigenvalue weighted by atomic mass is 35.5. The predicted octanol–water partition coefficient (Wildman–Crippen LogP) is 2.91. The first-order chi connectivity index (χ1) is 11.9. The molecule has 0 aliphatic carbocycles. The Balaban J connectivity index is 1.61. The lowest BCUT2D eigenvalue weighted by atomic mass is 10.2. The van der Waals surface area contributed by atoms with Gasteiger partial charge in [-0.2, -0.15) is 0 Å². The van der Waals surface area contributed by atoms with Crippen molar-refractivity contribution in [2.45, 2.75) is 11.3 Å². The van der Waals surface area contributed by atoms with Crippen molar-refractivity contribution in [3.05, 3.63) is 47.5 Å². The van der Waals surface area contributed by atoms with Gasteiger partial charge in [-0.15, -0.1) is 0 Å². The number of anilines is 1. The fourth-order valence-electron chi connectivity index (χ4n) is 2.35. The van der Waals surface area contributed by atoms with Crippen molar-refractivity contribution in [1.29, 1.82) is 0 Å². The van der Waals surface area contributed by atoms with Crippen LogP contribution in [0.25, 0.3) is 0 Å². The number of nitrogens with one attached hydrogen (secondary N) is 1. The van der Waals surface area contributed by atoms with Crippen molar-refractivity contribution in [1.82, 2.24) is 0 Å². The molecule has 1 aliphatic heterocycles. The van der Waals surface area contributed by atoms with Crippen molar-refractivity contribution in [3.8, 4) is 11.5 Å². The zero-order valence-corrected chi connectivity index (χ0v) is 14.8. The Hall–Kier alpha value is -2.25. The Morgan fingerprint density at radius 1 is 1.08 bits per heavy atom. The molecule has 1 amide bonds. The van der Waals surface area contributed by atoms with E-state index >= 15 is 0 Å². The number of amides is 1. The van der Waals surface area contributed by atoms with E-state index in [9.17, 15) is 13.2 Å². The number of hydrogen-bond donors (Lipinski definition) is 1. The van der Waals surface area contributed by atoms with E-state index in [-0.39, 0.29) is 17.1 Å². The van der Waals surface area contributed by atoms with E-state index in [0.29, 0.717) is 35.4 Å². The van der Waals surface area contributed by atoms with E-state index < -0.39 is 15.7 Å². The summed E-state index contributed by atoms with van der Waals surface area (Å²) in [6.07, 6.45) is -0.163. The van der Waals surface area contributed by atoms with Gasteiger partial charge in [0.15, 0.2) is 21.3 Å². The van der Waals surface area contributed by atoms with Gasteiger partial charge in [-0.1, -0.05) is 17.7 Å². The number of carbonyl (C=O) groups excluding carboxylic acids is 1. The molecule has 0 saturated heterocycles. The maximum atomic E-state index is 12.3. The number of benzene rings is 2. The average Bonchev–Trinajstić information content (AvgIpc) is 2.60. The molecule has 0 atom stereocenters. The number of sulfone groups is 1. The minimum atomic E-state index is -3.57. The second kappa shape index (κ2) is 7.33. The van der Waals surface area contributed by atoms with Gasteiger partial charge in [0.05, 0.1) is 10.6 Å². The number of halogens is 1. The molecule has 132 valence electrons. The summed E-state index contributed by atoms with van der Waals surface area (Å²) in [6, 6.07) is 11.0. The Morgan fingerprint density at radius 2 is 1.84 bits per heavy atom. The molecule has 0 unspecified atom stereocenters. The zero-order chi connectivity index (χ0) is 17.9. The van der Waals surface area contributed by atoms with Gasteiger partial charge in [0, 0.05) is 23.2 Å². The highest BCUT2D eigenvalue weighted by Crippen LogP contribution is 2.32. The van der Waals surface area contributed by atoms with E-state index in [2.05, 4.69) is 5.32 Å². The van der Waals surface area contributed by atoms with Crippen molar-refractivity contribution < 1.29 is 22.7 Å². The van der Waals surface area contributed by atoms with Gasteiger partial charge in [0.1, 0.15) is 13.2 Å². The normalized spacial score (nSPS) is 13.3. The second-order valence-electron chi connectivity index (χ2n) is 5.43. The molecule has 1 aliphatic rings. The van der Waals surface area contributed by atoms with Crippen LogP contribution in [-0.4, -0.2) is 33.3 Å². The number of rotatable bonds is 5. The molecule has 6 nitrogen and oxygen atoms in total. The van der Waals surface area contributed by atoms with E-state index in [4.69, 9.17) is 21.1 Å². The summed E-state index contributed by atoms with van der Waals surface area (Å²) in [5, 5.41) is 3.00. The van der Waals surface area contributed by atoms with E-state index in [1.165, 1.54) is 12.1 Å². The molecule has 3 rings (SSSR count). The Bertz CT molecular complexity index is 898. The second-order valence-corrected chi connectivity index (χ2v) is 7.98. The minimum Gasteiger partial charge on any atom is -0.486 e. The number of fused-ring (bicyclic) bond motifs is 1. The SMILES string of the molecule is O=C(CCS(=O)(=O)c1cccc(Cl)c1)Nc1ccc2c(c1)OCCO2.